The van der Waals surface area contributed by atoms with Crippen molar-refractivity contribution in [3.8, 4) is 5.75 Å². The number of carbonyl (C=O) groups excluding carboxylic acids is 3. The normalized spacial score (nSPS) is 35.7. The first kappa shape index (κ1) is 20.9. The van der Waals surface area contributed by atoms with Crippen molar-refractivity contribution >= 4 is 55.3 Å². The number of piperazine rings is 1. The minimum atomic E-state index is -1.17. The summed E-state index contributed by atoms with van der Waals surface area (Å²) >= 11 is 3.48. The molecule has 1 aromatic rings. The largest absolute Gasteiger partial charge is 0.496 e. The Kier molecular flexibility index (Phi) is 4.71. The summed E-state index contributed by atoms with van der Waals surface area (Å²) in [6.07, 6.45) is 0.162. The first-order chi connectivity index (χ1) is 13.6. The maximum atomic E-state index is 13.7. The second-order valence-electron chi connectivity index (χ2n) is 7.85. The van der Waals surface area contributed by atoms with E-state index in [1.165, 1.54) is 33.6 Å². The van der Waals surface area contributed by atoms with E-state index in [2.05, 4.69) is 15.9 Å². The first-order valence-electron chi connectivity index (χ1n) is 8.97. The van der Waals surface area contributed by atoms with Crippen LogP contribution in [0.3, 0.4) is 0 Å². The molecule has 0 radical (unpaired) electrons. The van der Waals surface area contributed by atoms with Crippen LogP contribution in [0.15, 0.2) is 22.7 Å². The summed E-state index contributed by atoms with van der Waals surface area (Å²) < 4.78 is 11.5. The Bertz CT molecular complexity index is 945. The number of rotatable bonds is 3. The topological polar surface area (TPSA) is 76.2 Å². The third kappa shape index (κ3) is 2.48. The highest BCUT2D eigenvalue weighted by molar-refractivity contribution is 9.10. The minimum absolute atomic E-state index is 0.162. The van der Waals surface area contributed by atoms with Crippen molar-refractivity contribution in [3.05, 3.63) is 28.2 Å². The van der Waals surface area contributed by atoms with Crippen LogP contribution in [-0.4, -0.2) is 58.6 Å². The van der Waals surface area contributed by atoms with Gasteiger partial charge in [0.2, 0.25) is 0 Å². The molecule has 4 atom stereocenters. The summed E-state index contributed by atoms with van der Waals surface area (Å²) in [6.45, 7) is 3.51. The Morgan fingerprint density at radius 1 is 1.21 bits per heavy atom. The molecule has 4 saturated heterocycles. The predicted molar refractivity (Wildman–Crippen MR) is 114 cm³/mol. The van der Waals surface area contributed by atoms with Gasteiger partial charge in [-0.15, -0.1) is 0 Å². The van der Waals surface area contributed by atoms with Gasteiger partial charge in [0.15, 0.2) is 9.74 Å². The van der Waals surface area contributed by atoms with E-state index in [-0.39, 0.29) is 18.2 Å². The van der Waals surface area contributed by atoms with Gasteiger partial charge in [-0.3, -0.25) is 14.4 Å². The van der Waals surface area contributed by atoms with Crippen LogP contribution in [0.5, 0.6) is 5.75 Å². The number of methoxy groups -OCH3 is 2. The lowest BCUT2D eigenvalue weighted by molar-refractivity contribution is -0.165. The van der Waals surface area contributed by atoms with Crippen LogP contribution >= 0.6 is 37.5 Å². The molecule has 5 rings (SSSR count). The van der Waals surface area contributed by atoms with Gasteiger partial charge >= 0.3 is 5.97 Å². The van der Waals surface area contributed by atoms with E-state index in [0.29, 0.717) is 11.3 Å². The van der Waals surface area contributed by atoms with Gasteiger partial charge in [0.25, 0.3) is 11.8 Å². The number of nitrogens with zero attached hydrogens (tertiary/aromatic N) is 2. The number of hydrogen-bond acceptors (Lipinski definition) is 7. The quantitative estimate of drug-likeness (QED) is 0.465. The number of halogens is 1. The molecule has 0 N–H and O–H groups in total. The van der Waals surface area contributed by atoms with E-state index in [1.807, 2.05) is 12.1 Å². The van der Waals surface area contributed by atoms with Crippen LogP contribution in [0.4, 0.5) is 0 Å². The van der Waals surface area contributed by atoms with Gasteiger partial charge in [0, 0.05) is 23.5 Å². The Balaban J connectivity index is 2.00. The third-order valence-corrected chi connectivity index (χ3v) is 10.4. The molecular weight excluding hydrogens is 480 g/mol. The second-order valence-corrected chi connectivity index (χ2v) is 11.6. The smallest absolute Gasteiger partial charge is 0.314 e. The number of benzene rings is 1. The first-order valence-corrected chi connectivity index (χ1v) is 11.9. The Morgan fingerprint density at radius 3 is 2.52 bits per heavy atom. The minimum Gasteiger partial charge on any atom is -0.496 e. The second kappa shape index (κ2) is 6.55. The average Bonchev–Trinajstić information content (AvgIpc) is 2.99. The van der Waals surface area contributed by atoms with Crippen molar-refractivity contribution in [2.24, 2.45) is 5.41 Å². The SMILES string of the molecule is COC(=O)C1(C)CC23SSC(C)(C(=O)N2C1c1cc(Br)ccc1OC)N(C)C3=O. The molecule has 10 heteroatoms. The summed E-state index contributed by atoms with van der Waals surface area (Å²) in [6, 6.07) is 4.75. The van der Waals surface area contributed by atoms with E-state index < -0.39 is 27.2 Å². The lowest BCUT2D eigenvalue weighted by atomic mass is 9.78. The van der Waals surface area contributed by atoms with Crippen LogP contribution in [-0.2, 0) is 19.1 Å². The molecule has 4 fully saturated rings. The summed E-state index contributed by atoms with van der Waals surface area (Å²) in [5.74, 6) is -0.281. The molecule has 0 aliphatic carbocycles. The van der Waals surface area contributed by atoms with Gasteiger partial charge in [0.05, 0.1) is 25.7 Å². The van der Waals surface area contributed by atoms with Crippen molar-refractivity contribution in [1.29, 1.82) is 0 Å². The Morgan fingerprint density at radius 2 is 1.90 bits per heavy atom. The molecule has 156 valence electrons. The van der Waals surface area contributed by atoms with Crippen molar-refractivity contribution in [1.82, 2.24) is 9.80 Å². The molecule has 1 spiro atoms. The fourth-order valence-corrected chi connectivity index (χ4v) is 8.58. The van der Waals surface area contributed by atoms with Crippen LogP contribution < -0.4 is 4.74 Å². The van der Waals surface area contributed by atoms with Gasteiger partial charge in [-0.25, -0.2) is 0 Å². The van der Waals surface area contributed by atoms with Crippen molar-refractivity contribution in [3.63, 3.8) is 0 Å². The highest BCUT2D eigenvalue weighted by atomic mass is 79.9. The van der Waals surface area contributed by atoms with Crippen LogP contribution in [0.25, 0.3) is 0 Å². The van der Waals surface area contributed by atoms with E-state index >= 15 is 0 Å². The average molecular weight is 501 g/mol. The van der Waals surface area contributed by atoms with Gasteiger partial charge in [-0.2, -0.15) is 0 Å². The molecule has 29 heavy (non-hydrogen) atoms. The van der Waals surface area contributed by atoms with E-state index in [9.17, 15) is 14.4 Å². The molecule has 4 aliphatic heterocycles. The number of fused-ring (bicyclic) bond motifs is 2. The number of esters is 1. The monoisotopic (exact) mass is 500 g/mol. The maximum Gasteiger partial charge on any atom is 0.314 e. The van der Waals surface area contributed by atoms with E-state index in [1.54, 1.807) is 39.0 Å². The highest BCUT2D eigenvalue weighted by Crippen LogP contribution is 2.70. The lowest BCUT2D eigenvalue weighted by Crippen LogP contribution is -2.73. The van der Waals surface area contributed by atoms with Gasteiger partial charge < -0.3 is 19.3 Å². The molecule has 2 bridgehead atoms. The highest BCUT2D eigenvalue weighted by Gasteiger charge is 2.76. The number of likely N-dealkylation sites (N-methyl/N-ethyl adjacent to an activating group) is 1. The van der Waals surface area contributed by atoms with E-state index in [0.717, 1.165) is 4.47 Å². The third-order valence-electron chi connectivity index (χ3n) is 6.23. The van der Waals surface area contributed by atoms with Gasteiger partial charge in [-0.05, 0) is 32.0 Å². The van der Waals surface area contributed by atoms with Crippen LogP contribution in [0.1, 0.15) is 31.9 Å². The lowest BCUT2D eigenvalue weighted by Gasteiger charge is -2.57. The van der Waals surface area contributed by atoms with Crippen molar-refractivity contribution in [2.45, 2.75) is 36.1 Å². The van der Waals surface area contributed by atoms with E-state index in [4.69, 9.17) is 9.47 Å². The number of carbonyl (C=O) groups is 3. The van der Waals surface area contributed by atoms with Gasteiger partial charge in [-0.1, -0.05) is 37.5 Å². The summed E-state index contributed by atoms with van der Waals surface area (Å²) in [5, 5.41) is 0. The van der Waals surface area contributed by atoms with Crippen molar-refractivity contribution in [2.75, 3.05) is 21.3 Å². The molecule has 4 unspecified atom stereocenters. The van der Waals surface area contributed by atoms with Crippen LogP contribution in [0.2, 0.25) is 0 Å². The fraction of sp³-hybridized carbons (Fsp3) is 0.526. The zero-order chi connectivity index (χ0) is 21.4. The number of hydrogen-bond donors (Lipinski definition) is 0. The summed E-state index contributed by atoms with van der Waals surface area (Å²) in [5.41, 5.74) is -0.463. The Hall–Kier alpha value is -1.39. The van der Waals surface area contributed by atoms with Gasteiger partial charge in [0.1, 0.15) is 5.75 Å². The summed E-state index contributed by atoms with van der Waals surface area (Å²) in [7, 11) is 7.25. The van der Waals surface area contributed by atoms with Crippen LogP contribution in [0, 0.1) is 5.41 Å². The maximum absolute atomic E-state index is 13.7. The molecule has 7 nitrogen and oxygen atoms in total. The number of ether oxygens (including phenoxy) is 2. The predicted octanol–water partition coefficient (Wildman–Crippen LogP) is 3.19. The number of amides is 2. The molecule has 4 heterocycles. The molecule has 0 aromatic heterocycles. The Labute approximate surface area is 185 Å². The molecular formula is C19H21BrN2O5S2. The molecule has 4 aliphatic rings. The molecule has 2 amide bonds. The zero-order valence-corrected chi connectivity index (χ0v) is 19.9. The molecule has 1 aromatic carbocycles. The molecule has 0 saturated carbocycles. The van der Waals surface area contributed by atoms with Crippen molar-refractivity contribution < 1.29 is 23.9 Å². The summed E-state index contributed by atoms with van der Waals surface area (Å²) in [4.78, 5) is 41.1. The zero-order valence-electron chi connectivity index (χ0n) is 16.6. The standard InChI is InChI=1S/C19H21BrN2O5S2/c1-17(16(25)27-5)9-19-15(24)21(3)18(2,28-29-19)14(23)22(19)13(17)11-8-10(20)6-7-12(11)26-4/h6-8,13H,9H2,1-5H3. The fourth-order valence-electron chi connectivity index (χ4n) is 4.62.